The van der Waals surface area contributed by atoms with E-state index in [0.717, 1.165) is 6.20 Å². The molecule has 0 unspecified atom stereocenters. The van der Waals surface area contributed by atoms with Crippen molar-refractivity contribution in [3.63, 3.8) is 0 Å². The van der Waals surface area contributed by atoms with Crippen LogP contribution in [0.3, 0.4) is 0 Å². The molecule has 0 atom stereocenters. The monoisotopic (exact) mass is 221 g/mol. The predicted molar refractivity (Wildman–Crippen MR) is 45.4 cm³/mol. The Labute approximate surface area is 84.1 Å². The predicted octanol–water partition coefficient (Wildman–Crippen LogP) is 1.78. The summed E-state index contributed by atoms with van der Waals surface area (Å²) in [5, 5.41) is 6.66. The number of hydrogen-bond donors (Lipinski definition) is 0. The van der Waals surface area contributed by atoms with E-state index in [1.165, 1.54) is 4.68 Å². The molecule has 7 heteroatoms. The first kappa shape index (κ1) is 11.7. The Bertz CT molecular complexity index is 375. The van der Waals surface area contributed by atoms with Crippen LogP contribution in [0.15, 0.2) is 6.20 Å². The molecule has 84 valence electrons. The lowest BCUT2D eigenvalue weighted by Crippen LogP contribution is -2.24. The Balaban J connectivity index is 3.01. The van der Waals surface area contributed by atoms with Crippen LogP contribution >= 0.6 is 0 Å². The van der Waals surface area contributed by atoms with Crippen LogP contribution in [-0.2, 0) is 5.54 Å². The Kier molecular flexibility index (Phi) is 2.58. The number of rotatable bonds is 1. The van der Waals surface area contributed by atoms with Crippen molar-refractivity contribution in [2.75, 3.05) is 0 Å². The highest BCUT2D eigenvalue weighted by Crippen LogP contribution is 2.21. The number of nitrogens with zero attached hydrogens (tertiary/aromatic N) is 3. The Morgan fingerprint density at radius 1 is 1.33 bits per heavy atom. The summed E-state index contributed by atoms with van der Waals surface area (Å²) in [5.74, 6) is -1.97. The van der Waals surface area contributed by atoms with Crippen molar-refractivity contribution in [3.8, 4) is 0 Å². The SMILES string of the molecule is CC(C)(C)n1cc(C(=O)C(F)(F)F)nn1. The lowest BCUT2D eigenvalue weighted by atomic mass is 10.1. The van der Waals surface area contributed by atoms with Gasteiger partial charge in [0.2, 0.25) is 0 Å². The van der Waals surface area contributed by atoms with Gasteiger partial charge in [0.25, 0.3) is 5.78 Å². The maximum Gasteiger partial charge on any atom is 0.456 e. The van der Waals surface area contributed by atoms with Crippen LogP contribution in [0.25, 0.3) is 0 Å². The number of alkyl halides is 3. The fourth-order valence-corrected chi connectivity index (χ4v) is 0.841. The Morgan fingerprint density at radius 2 is 1.87 bits per heavy atom. The minimum absolute atomic E-state index is 0.503. The van der Waals surface area contributed by atoms with E-state index >= 15 is 0 Å². The average molecular weight is 221 g/mol. The van der Waals surface area contributed by atoms with Gasteiger partial charge in [-0.15, -0.1) is 5.10 Å². The zero-order valence-corrected chi connectivity index (χ0v) is 8.46. The summed E-state index contributed by atoms with van der Waals surface area (Å²) in [4.78, 5) is 10.8. The van der Waals surface area contributed by atoms with Crippen molar-refractivity contribution in [1.29, 1.82) is 0 Å². The van der Waals surface area contributed by atoms with E-state index in [1.807, 2.05) is 0 Å². The van der Waals surface area contributed by atoms with Crippen LogP contribution in [0.2, 0.25) is 0 Å². The van der Waals surface area contributed by atoms with Gasteiger partial charge in [-0.3, -0.25) is 4.79 Å². The van der Waals surface area contributed by atoms with Crippen LogP contribution in [-0.4, -0.2) is 27.0 Å². The largest absolute Gasteiger partial charge is 0.456 e. The molecule has 0 aliphatic heterocycles. The lowest BCUT2D eigenvalue weighted by Gasteiger charge is -2.17. The van der Waals surface area contributed by atoms with E-state index in [9.17, 15) is 18.0 Å². The van der Waals surface area contributed by atoms with E-state index in [0.29, 0.717) is 0 Å². The summed E-state index contributed by atoms with van der Waals surface area (Å²) in [5.41, 5.74) is -1.19. The first-order chi connectivity index (χ1) is 6.62. The first-order valence-electron chi connectivity index (χ1n) is 4.17. The number of ketones is 1. The molecular weight excluding hydrogens is 211 g/mol. The third-order valence-corrected chi connectivity index (χ3v) is 1.67. The van der Waals surface area contributed by atoms with Gasteiger partial charge in [0, 0.05) is 0 Å². The zero-order valence-electron chi connectivity index (χ0n) is 8.46. The van der Waals surface area contributed by atoms with E-state index in [4.69, 9.17) is 0 Å². The summed E-state index contributed by atoms with van der Waals surface area (Å²) in [6, 6.07) is 0. The summed E-state index contributed by atoms with van der Waals surface area (Å²) in [7, 11) is 0. The van der Waals surface area contributed by atoms with Crippen LogP contribution in [0.4, 0.5) is 13.2 Å². The van der Waals surface area contributed by atoms with Crippen molar-refractivity contribution in [3.05, 3.63) is 11.9 Å². The molecule has 0 aliphatic rings. The van der Waals surface area contributed by atoms with E-state index < -0.39 is 23.2 Å². The Morgan fingerprint density at radius 3 is 2.20 bits per heavy atom. The highest BCUT2D eigenvalue weighted by molar-refractivity contribution is 5.98. The molecule has 0 amide bonds. The van der Waals surface area contributed by atoms with Gasteiger partial charge in [-0.2, -0.15) is 13.2 Å². The summed E-state index contributed by atoms with van der Waals surface area (Å²) in [6.45, 7) is 5.22. The van der Waals surface area contributed by atoms with Crippen LogP contribution < -0.4 is 0 Å². The molecule has 1 aromatic heterocycles. The molecule has 15 heavy (non-hydrogen) atoms. The smallest absolute Gasteiger partial charge is 0.282 e. The summed E-state index contributed by atoms with van der Waals surface area (Å²) < 4.78 is 37.3. The second-order valence-electron chi connectivity index (χ2n) is 4.05. The minimum atomic E-state index is -4.90. The topological polar surface area (TPSA) is 47.8 Å². The van der Waals surface area contributed by atoms with Crippen LogP contribution in [0.1, 0.15) is 31.3 Å². The third-order valence-electron chi connectivity index (χ3n) is 1.67. The highest BCUT2D eigenvalue weighted by atomic mass is 19.4. The number of hydrogen-bond acceptors (Lipinski definition) is 3. The first-order valence-corrected chi connectivity index (χ1v) is 4.17. The molecule has 0 saturated carbocycles. The third kappa shape index (κ3) is 2.54. The van der Waals surface area contributed by atoms with Crippen molar-refractivity contribution in [1.82, 2.24) is 15.0 Å². The fourth-order valence-electron chi connectivity index (χ4n) is 0.841. The molecule has 0 fully saturated rings. The molecule has 1 heterocycles. The van der Waals surface area contributed by atoms with Crippen molar-refractivity contribution >= 4 is 5.78 Å². The number of aromatic nitrogens is 3. The van der Waals surface area contributed by atoms with Gasteiger partial charge < -0.3 is 0 Å². The Hall–Kier alpha value is -1.40. The molecule has 0 N–H and O–H groups in total. The van der Waals surface area contributed by atoms with Gasteiger partial charge in [-0.25, -0.2) is 4.68 Å². The molecular formula is C8H10F3N3O. The van der Waals surface area contributed by atoms with Crippen LogP contribution in [0.5, 0.6) is 0 Å². The molecule has 0 bridgehead atoms. The summed E-state index contributed by atoms with van der Waals surface area (Å²) in [6.07, 6.45) is -3.91. The zero-order chi connectivity index (χ0) is 11.9. The van der Waals surface area contributed by atoms with E-state index in [1.54, 1.807) is 20.8 Å². The van der Waals surface area contributed by atoms with Gasteiger partial charge in [-0.05, 0) is 20.8 Å². The molecule has 0 saturated heterocycles. The van der Waals surface area contributed by atoms with Gasteiger partial charge in [0.1, 0.15) is 0 Å². The highest BCUT2D eigenvalue weighted by Gasteiger charge is 2.41. The number of carbonyl (C=O) groups is 1. The summed E-state index contributed by atoms with van der Waals surface area (Å²) >= 11 is 0. The number of Topliss-reactive ketones (excluding diaryl/α,β-unsaturated/α-hetero) is 1. The molecule has 0 aliphatic carbocycles. The van der Waals surface area contributed by atoms with Gasteiger partial charge in [-0.1, -0.05) is 5.21 Å². The molecule has 1 rings (SSSR count). The number of carbonyl (C=O) groups excluding carboxylic acids is 1. The normalized spacial score (nSPS) is 12.9. The van der Waals surface area contributed by atoms with Gasteiger partial charge in [0.05, 0.1) is 11.7 Å². The fraction of sp³-hybridized carbons (Fsp3) is 0.625. The maximum atomic E-state index is 12.0. The molecule has 0 aromatic carbocycles. The molecule has 1 aromatic rings. The van der Waals surface area contributed by atoms with E-state index in [-0.39, 0.29) is 0 Å². The van der Waals surface area contributed by atoms with Crippen molar-refractivity contribution in [2.24, 2.45) is 0 Å². The second-order valence-corrected chi connectivity index (χ2v) is 4.05. The quantitative estimate of drug-likeness (QED) is 0.679. The maximum absolute atomic E-state index is 12.0. The lowest BCUT2D eigenvalue weighted by molar-refractivity contribution is -0.0888. The second kappa shape index (κ2) is 3.32. The van der Waals surface area contributed by atoms with Crippen LogP contribution in [0, 0.1) is 0 Å². The standard InChI is InChI=1S/C8H10F3N3O/c1-7(2,3)14-4-5(12-13-14)6(15)8(9,10)11/h4H,1-3H3. The van der Waals surface area contributed by atoms with Gasteiger partial charge >= 0.3 is 6.18 Å². The molecule has 4 nitrogen and oxygen atoms in total. The molecule has 0 radical (unpaired) electrons. The van der Waals surface area contributed by atoms with Crippen molar-refractivity contribution in [2.45, 2.75) is 32.5 Å². The van der Waals surface area contributed by atoms with Gasteiger partial charge in [0.15, 0.2) is 5.69 Å². The molecule has 0 spiro atoms. The number of halogens is 3. The van der Waals surface area contributed by atoms with E-state index in [2.05, 4.69) is 10.3 Å². The van der Waals surface area contributed by atoms with Crippen molar-refractivity contribution < 1.29 is 18.0 Å². The average Bonchev–Trinajstić information content (AvgIpc) is 2.47. The minimum Gasteiger partial charge on any atom is -0.282 e.